The molecule has 1 fully saturated rings. The predicted octanol–water partition coefficient (Wildman–Crippen LogP) is 5.04. The van der Waals surface area contributed by atoms with Gasteiger partial charge < -0.3 is 10.0 Å². The maximum atomic E-state index is 15.7. The van der Waals surface area contributed by atoms with Gasteiger partial charge in [-0.2, -0.15) is 5.10 Å². The van der Waals surface area contributed by atoms with Crippen molar-refractivity contribution in [1.82, 2.24) is 19.7 Å². The normalized spacial score (nSPS) is 15.8. The van der Waals surface area contributed by atoms with E-state index < -0.39 is 5.60 Å². The molecule has 1 saturated carbocycles. The molecule has 6 nitrogen and oxygen atoms in total. The molecule has 0 atom stereocenters. The zero-order valence-corrected chi connectivity index (χ0v) is 20.0. The lowest BCUT2D eigenvalue weighted by molar-refractivity contribution is 0.0763. The third-order valence-electron chi connectivity index (χ3n) is 7.06. The van der Waals surface area contributed by atoms with Crippen LogP contribution in [0.2, 0.25) is 0 Å². The van der Waals surface area contributed by atoms with E-state index in [0.717, 1.165) is 46.1 Å². The summed E-state index contributed by atoms with van der Waals surface area (Å²) in [5.74, 6) is -0.110. The third-order valence-corrected chi connectivity index (χ3v) is 7.06. The first-order valence-corrected chi connectivity index (χ1v) is 11.9. The van der Waals surface area contributed by atoms with Gasteiger partial charge in [0.1, 0.15) is 5.82 Å². The van der Waals surface area contributed by atoms with E-state index in [9.17, 15) is 9.90 Å². The van der Waals surface area contributed by atoms with Gasteiger partial charge in [0.2, 0.25) is 0 Å². The lowest BCUT2D eigenvalue weighted by atomic mass is 9.90. The molecule has 6 rings (SSSR count). The van der Waals surface area contributed by atoms with Crippen LogP contribution in [-0.2, 0) is 25.7 Å². The van der Waals surface area contributed by atoms with Gasteiger partial charge in [-0.25, -0.2) is 4.39 Å². The van der Waals surface area contributed by atoms with Crippen molar-refractivity contribution in [3.63, 3.8) is 0 Å². The zero-order chi connectivity index (χ0) is 24.5. The van der Waals surface area contributed by atoms with Crippen LogP contribution in [0.5, 0.6) is 0 Å². The summed E-state index contributed by atoms with van der Waals surface area (Å²) in [6.45, 7) is 4.09. The Bertz CT molecular complexity index is 1500. The number of fused-ring (bicyclic) bond motifs is 2. The summed E-state index contributed by atoms with van der Waals surface area (Å²) >= 11 is 0. The van der Waals surface area contributed by atoms with Crippen molar-refractivity contribution in [3.05, 3.63) is 82.6 Å². The van der Waals surface area contributed by atoms with Crippen molar-refractivity contribution in [3.8, 4) is 11.1 Å². The monoisotopic (exact) mass is 470 g/mol. The molecule has 1 amide bonds. The van der Waals surface area contributed by atoms with Crippen LogP contribution in [0.1, 0.15) is 65.3 Å². The van der Waals surface area contributed by atoms with E-state index in [1.54, 1.807) is 47.8 Å². The van der Waals surface area contributed by atoms with E-state index in [2.05, 4.69) is 16.1 Å². The average Bonchev–Trinajstić information content (AvgIpc) is 3.51. The van der Waals surface area contributed by atoms with Crippen molar-refractivity contribution < 1.29 is 14.3 Å². The fourth-order valence-electron chi connectivity index (χ4n) is 5.14. The molecular weight excluding hydrogens is 443 g/mol. The summed E-state index contributed by atoms with van der Waals surface area (Å²) in [5, 5.41) is 16.2. The summed E-state index contributed by atoms with van der Waals surface area (Å²) in [6.07, 6.45) is 5.62. The van der Waals surface area contributed by atoms with Gasteiger partial charge in [0, 0.05) is 42.5 Å². The van der Waals surface area contributed by atoms with E-state index >= 15 is 4.39 Å². The number of halogens is 1. The second kappa shape index (κ2) is 7.71. The highest BCUT2D eigenvalue weighted by molar-refractivity contribution is 5.97. The van der Waals surface area contributed by atoms with Gasteiger partial charge in [0.05, 0.1) is 28.9 Å². The molecule has 178 valence electrons. The van der Waals surface area contributed by atoms with Gasteiger partial charge in [-0.15, -0.1) is 0 Å². The first-order chi connectivity index (χ1) is 16.7. The van der Waals surface area contributed by atoms with E-state index in [1.165, 1.54) is 0 Å². The molecule has 0 unspecified atom stereocenters. The number of aliphatic hydroxyl groups is 1. The number of hydrogen-bond acceptors (Lipinski definition) is 4. The maximum absolute atomic E-state index is 15.7. The summed E-state index contributed by atoms with van der Waals surface area (Å²) < 4.78 is 17.5. The topological polar surface area (TPSA) is 71.2 Å². The van der Waals surface area contributed by atoms with E-state index in [1.807, 2.05) is 25.4 Å². The second-order valence-electron chi connectivity index (χ2n) is 10.3. The number of aromatic nitrogens is 3. The Kier molecular flexibility index (Phi) is 4.83. The molecule has 1 N–H and O–H groups in total. The van der Waals surface area contributed by atoms with Gasteiger partial charge in [0.15, 0.2) is 0 Å². The Labute approximate surface area is 203 Å². The molecule has 0 spiro atoms. The molecule has 0 bridgehead atoms. The van der Waals surface area contributed by atoms with Crippen molar-refractivity contribution in [2.75, 3.05) is 0 Å². The Morgan fingerprint density at radius 2 is 1.94 bits per heavy atom. The lowest BCUT2D eigenvalue weighted by Crippen LogP contribution is -2.24. The number of carbonyl (C=O) groups excluding carboxylic acids is 1. The molecule has 2 aliphatic rings. The molecule has 3 heterocycles. The molecule has 35 heavy (non-hydrogen) atoms. The van der Waals surface area contributed by atoms with Crippen LogP contribution in [0.4, 0.5) is 4.39 Å². The molecule has 1 aliphatic heterocycles. The van der Waals surface area contributed by atoms with Crippen molar-refractivity contribution in [2.45, 2.75) is 51.3 Å². The van der Waals surface area contributed by atoms with Crippen LogP contribution in [0.25, 0.3) is 22.0 Å². The number of nitrogens with zero attached hydrogens (tertiary/aromatic N) is 4. The first-order valence-electron chi connectivity index (χ1n) is 11.9. The minimum Gasteiger partial charge on any atom is -0.386 e. The van der Waals surface area contributed by atoms with Crippen LogP contribution in [0.3, 0.4) is 0 Å². The number of pyridine rings is 1. The minimum atomic E-state index is -1.10. The number of amides is 1. The summed E-state index contributed by atoms with van der Waals surface area (Å²) in [4.78, 5) is 18.9. The second-order valence-corrected chi connectivity index (χ2v) is 10.3. The SMILES string of the molecule is Cn1cc2cc(-c3cc(F)c(CN4Cc5ncccc5C4=O)c(C4CC4)c3)cc(C(C)(C)O)c2n1. The predicted molar refractivity (Wildman–Crippen MR) is 131 cm³/mol. The maximum Gasteiger partial charge on any atom is 0.256 e. The Balaban J connectivity index is 1.42. The van der Waals surface area contributed by atoms with Gasteiger partial charge in [-0.05, 0) is 79.6 Å². The molecule has 0 saturated heterocycles. The summed E-state index contributed by atoms with van der Waals surface area (Å²) in [7, 11) is 1.85. The van der Waals surface area contributed by atoms with Crippen LogP contribution < -0.4 is 0 Å². The van der Waals surface area contributed by atoms with Crippen molar-refractivity contribution in [1.29, 1.82) is 0 Å². The molecule has 1 aliphatic carbocycles. The van der Waals surface area contributed by atoms with E-state index in [4.69, 9.17) is 0 Å². The number of benzene rings is 2. The van der Waals surface area contributed by atoms with Crippen LogP contribution >= 0.6 is 0 Å². The third kappa shape index (κ3) is 3.80. The Morgan fingerprint density at radius 3 is 2.66 bits per heavy atom. The summed E-state index contributed by atoms with van der Waals surface area (Å²) in [6, 6.07) is 11.1. The van der Waals surface area contributed by atoms with E-state index in [0.29, 0.717) is 29.2 Å². The van der Waals surface area contributed by atoms with Crippen LogP contribution in [0, 0.1) is 5.82 Å². The standard InChI is InChI=1S/C28H27FN4O2/c1-28(2,35)23-11-17(9-19-13-32(3)31-26(19)23)18-10-21(16-6-7-16)22(24(29)12-18)14-33-15-25-20(27(33)34)5-4-8-30-25/h4-5,8-13,16,35H,6-7,14-15H2,1-3H3. The Hall–Kier alpha value is -3.58. The fourth-order valence-corrected chi connectivity index (χ4v) is 5.14. The average molecular weight is 471 g/mol. The molecule has 7 heteroatoms. The molecular formula is C28H27FN4O2. The molecule has 0 radical (unpaired) electrons. The van der Waals surface area contributed by atoms with Crippen molar-refractivity contribution in [2.24, 2.45) is 7.05 Å². The highest BCUT2D eigenvalue weighted by Gasteiger charge is 2.33. The highest BCUT2D eigenvalue weighted by Crippen LogP contribution is 2.45. The first kappa shape index (κ1) is 21.9. The van der Waals surface area contributed by atoms with Gasteiger partial charge in [-0.3, -0.25) is 14.5 Å². The number of hydrogen-bond donors (Lipinski definition) is 1. The van der Waals surface area contributed by atoms with Crippen LogP contribution in [0.15, 0.2) is 48.8 Å². The number of rotatable bonds is 5. The smallest absolute Gasteiger partial charge is 0.256 e. The van der Waals surface area contributed by atoms with E-state index in [-0.39, 0.29) is 18.3 Å². The van der Waals surface area contributed by atoms with Gasteiger partial charge >= 0.3 is 0 Å². The molecule has 2 aromatic carbocycles. The summed E-state index contributed by atoms with van der Waals surface area (Å²) in [5.41, 5.74) is 4.84. The van der Waals surface area contributed by atoms with Gasteiger partial charge in [0.25, 0.3) is 5.91 Å². The fraction of sp³-hybridized carbons (Fsp3) is 0.321. The van der Waals surface area contributed by atoms with Crippen molar-refractivity contribution >= 4 is 16.8 Å². The molecule has 2 aromatic heterocycles. The number of carbonyl (C=O) groups is 1. The lowest BCUT2D eigenvalue weighted by Gasteiger charge is -2.21. The Morgan fingerprint density at radius 1 is 1.17 bits per heavy atom. The van der Waals surface area contributed by atoms with Crippen LogP contribution in [-0.4, -0.2) is 30.7 Å². The minimum absolute atomic E-state index is 0.102. The highest BCUT2D eigenvalue weighted by atomic mass is 19.1. The number of aryl methyl sites for hydroxylation is 1. The molecule has 4 aromatic rings. The van der Waals surface area contributed by atoms with Gasteiger partial charge in [-0.1, -0.05) is 6.07 Å². The zero-order valence-electron chi connectivity index (χ0n) is 20.0. The quantitative estimate of drug-likeness (QED) is 0.444. The largest absolute Gasteiger partial charge is 0.386 e.